The smallest absolute Gasteiger partial charge is 0.282 e. The highest BCUT2D eigenvalue weighted by atomic mass is 79.9. The lowest BCUT2D eigenvalue weighted by molar-refractivity contribution is -0.118. The molecule has 1 heterocycles. The van der Waals surface area contributed by atoms with E-state index >= 15 is 0 Å². The minimum Gasteiger partial charge on any atom is -0.481 e. The lowest BCUT2D eigenvalue weighted by Crippen LogP contribution is -2.22. The summed E-state index contributed by atoms with van der Waals surface area (Å²) in [6, 6.07) is 15.2. The Bertz CT molecular complexity index is 1550. The molecule has 38 heavy (non-hydrogen) atoms. The van der Waals surface area contributed by atoms with Crippen molar-refractivity contribution in [1.82, 2.24) is 9.66 Å². The van der Waals surface area contributed by atoms with Gasteiger partial charge < -0.3 is 10.1 Å². The van der Waals surface area contributed by atoms with E-state index in [9.17, 15) is 9.59 Å². The number of aryl methyl sites for hydroxylation is 1. The number of hydrogen-bond donors (Lipinski definition) is 1. The maximum absolute atomic E-state index is 13.2. The zero-order chi connectivity index (χ0) is 27.2. The molecule has 0 bridgehead atoms. The molecule has 0 radical (unpaired) electrons. The van der Waals surface area contributed by atoms with E-state index in [0.29, 0.717) is 39.4 Å². The molecule has 0 saturated carbocycles. The molecule has 7 nitrogen and oxygen atoms in total. The van der Waals surface area contributed by atoms with Gasteiger partial charge in [-0.05, 0) is 66.6 Å². The number of benzene rings is 3. The number of amides is 1. The van der Waals surface area contributed by atoms with E-state index in [1.54, 1.807) is 48.5 Å². The van der Waals surface area contributed by atoms with E-state index in [1.165, 1.54) is 10.9 Å². The standard InChI is InChI=1S/C27H22BrCl3N4O3/c1-2-3-4-24-34-23-10-5-17(28)13-20(23)27(37)35(24)32-14-16-11-21(30)26(22(31)12-16)38-15-25(36)33-19-8-6-18(29)7-9-19/h5-14H,2-4,15H2,1H3,(H,33,36). The number of aromatic nitrogens is 2. The zero-order valence-corrected chi connectivity index (χ0v) is 24.0. The number of halogens is 4. The van der Waals surface area contributed by atoms with E-state index in [4.69, 9.17) is 39.5 Å². The second-order valence-corrected chi connectivity index (χ2v) is 10.5. The summed E-state index contributed by atoms with van der Waals surface area (Å²) in [5.74, 6) is 0.334. The van der Waals surface area contributed by atoms with Crippen molar-refractivity contribution in [2.45, 2.75) is 26.2 Å². The molecule has 1 N–H and O–H groups in total. The normalized spacial score (nSPS) is 11.3. The van der Waals surface area contributed by atoms with Gasteiger partial charge in [0.05, 0.1) is 27.2 Å². The van der Waals surface area contributed by atoms with Gasteiger partial charge in [-0.3, -0.25) is 9.59 Å². The summed E-state index contributed by atoms with van der Waals surface area (Å²) in [4.78, 5) is 30.2. The SMILES string of the molecule is CCCCc1nc2ccc(Br)cc2c(=O)n1N=Cc1cc(Cl)c(OCC(=O)Nc2ccc(Cl)cc2)c(Cl)c1. The molecule has 1 amide bonds. The molecule has 0 spiro atoms. The topological polar surface area (TPSA) is 85.6 Å². The predicted octanol–water partition coefficient (Wildman–Crippen LogP) is 7.36. The lowest BCUT2D eigenvalue weighted by Gasteiger charge is -2.12. The van der Waals surface area contributed by atoms with Crippen molar-refractivity contribution in [3.63, 3.8) is 0 Å². The number of carbonyl (C=O) groups excluding carboxylic acids is 1. The first kappa shape index (κ1) is 28.1. The minimum absolute atomic E-state index is 0.162. The minimum atomic E-state index is -0.389. The van der Waals surface area contributed by atoms with Crippen LogP contribution in [0.15, 0.2) is 69.0 Å². The number of nitrogens with zero attached hydrogens (tertiary/aromatic N) is 3. The first-order valence-electron chi connectivity index (χ1n) is 11.7. The second kappa shape index (κ2) is 12.8. The Kier molecular flexibility index (Phi) is 9.44. The van der Waals surface area contributed by atoms with Crippen LogP contribution in [0.2, 0.25) is 15.1 Å². The fourth-order valence-electron chi connectivity index (χ4n) is 3.59. The largest absolute Gasteiger partial charge is 0.481 e. The molecule has 4 rings (SSSR count). The molecular formula is C27H22BrCl3N4O3. The average Bonchev–Trinajstić information content (AvgIpc) is 2.88. The van der Waals surface area contributed by atoms with Gasteiger partial charge in [-0.15, -0.1) is 0 Å². The van der Waals surface area contributed by atoms with Crippen LogP contribution >= 0.6 is 50.7 Å². The van der Waals surface area contributed by atoms with Crippen molar-refractivity contribution in [2.24, 2.45) is 5.10 Å². The number of nitrogens with one attached hydrogen (secondary N) is 1. The summed E-state index contributed by atoms with van der Waals surface area (Å²) < 4.78 is 7.65. The average molecular weight is 637 g/mol. The quantitative estimate of drug-likeness (QED) is 0.195. The number of rotatable bonds is 9. The van der Waals surface area contributed by atoms with Gasteiger partial charge in [-0.2, -0.15) is 9.78 Å². The third-order valence-electron chi connectivity index (χ3n) is 5.45. The van der Waals surface area contributed by atoms with E-state index in [2.05, 4.69) is 38.3 Å². The van der Waals surface area contributed by atoms with Gasteiger partial charge in [0.25, 0.3) is 11.5 Å². The summed E-state index contributed by atoms with van der Waals surface area (Å²) in [7, 11) is 0. The van der Waals surface area contributed by atoms with Crippen molar-refractivity contribution in [1.29, 1.82) is 0 Å². The van der Waals surface area contributed by atoms with Crippen LogP contribution in [-0.4, -0.2) is 28.4 Å². The molecule has 0 aliphatic carbocycles. The summed E-state index contributed by atoms with van der Waals surface area (Å²) in [5.41, 5.74) is 1.46. The van der Waals surface area contributed by atoms with Gasteiger partial charge in [0.2, 0.25) is 0 Å². The molecule has 0 fully saturated rings. The maximum Gasteiger partial charge on any atom is 0.282 e. The number of ether oxygens (including phenoxy) is 1. The van der Waals surface area contributed by atoms with Gasteiger partial charge in [0.1, 0.15) is 5.82 Å². The van der Waals surface area contributed by atoms with Crippen molar-refractivity contribution in [3.05, 3.63) is 95.9 Å². The van der Waals surface area contributed by atoms with Crippen molar-refractivity contribution in [2.75, 3.05) is 11.9 Å². The molecule has 196 valence electrons. The van der Waals surface area contributed by atoms with Crippen LogP contribution < -0.4 is 15.6 Å². The summed E-state index contributed by atoms with van der Waals surface area (Å²) in [6.45, 7) is 1.77. The van der Waals surface area contributed by atoms with Crippen LogP contribution in [0.3, 0.4) is 0 Å². The Morgan fingerprint density at radius 1 is 1.11 bits per heavy atom. The van der Waals surface area contributed by atoms with E-state index in [0.717, 1.165) is 17.3 Å². The number of carbonyl (C=O) groups is 1. The molecule has 0 aliphatic heterocycles. The molecule has 0 aliphatic rings. The van der Waals surface area contributed by atoms with Crippen molar-refractivity contribution < 1.29 is 9.53 Å². The Morgan fingerprint density at radius 3 is 2.50 bits per heavy atom. The third kappa shape index (κ3) is 6.94. The number of anilines is 1. The van der Waals surface area contributed by atoms with Crippen LogP contribution in [0, 0.1) is 0 Å². The Hall–Kier alpha value is -2.91. The zero-order valence-electron chi connectivity index (χ0n) is 20.2. The number of unbranched alkanes of at least 4 members (excludes halogenated alkanes) is 1. The van der Waals surface area contributed by atoms with Crippen LogP contribution in [0.25, 0.3) is 10.9 Å². The second-order valence-electron chi connectivity index (χ2n) is 8.31. The Morgan fingerprint density at radius 2 is 1.82 bits per heavy atom. The third-order valence-corrected chi connectivity index (χ3v) is 6.75. The molecule has 3 aromatic carbocycles. The summed E-state index contributed by atoms with van der Waals surface area (Å²) >= 11 is 22.1. The molecule has 0 unspecified atom stereocenters. The molecule has 0 atom stereocenters. The van der Waals surface area contributed by atoms with Crippen molar-refractivity contribution >= 4 is 79.4 Å². The highest BCUT2D eigenvalue weighted by Gasteiger charge is 2.14. The first-order chi connectivity index (χ1) is 18.2. The molecule has 1 aromatic heterocycles. The molecular weight excluding hydrogens is 615 g/mol. The van der Waals surface area contributed by atoms with Crippen molar-refractivity contribution in [3.8, 4) is 5.75 Å². The number of hydrogen-bond acceptors (Lipinski definition) is 5. The van der Waals surface area contributed by atoms with Gasteiger partial charge in [-0.1, -0.05) is 64.1 Å². The van der Waals surface area contributed by atoms with Crippen LogP contribution in [0.4, 0.5) is 5.69 Å². The summed E-state index contributed by atoms with van der Waals surface area (Å²) in [5, 5.41) is 8.52. The van der Waals surface area contributed by atoms with Gasteiger partial charge >= 0.3 is 0 Å². The molecule has 4 aromatic rings. The Balaban J connectivity index is 1.54. The van der Waals surface area contributed by atoms with Gasteiger partial charge in [0, 0.05) is 21.6 Å². The highest BCUT2D eigenvalue weighted by molar-refractivity contribution is 9.10. The predicted molar refractivity (Wildman–Crippen MR) is 157 cm³/mol. The highest BCUT2D eigenvalue weighted by Crippen LogP contribution is 2.34. The monoisotopic (exact) mass is 634 g/mol. The lowest BCUT2D eigenvalue weighted by atomic mass is 10.2. The molecule has 11 heteroatoms. The van der Waals surface area contributed by atoms with Gasteiger partial charge in [-0.25, -0.2) is 4.98 Å². The van der Waals surface area contributed by atoms with Crippen LogP contribution in [0.1, 0.15) is 31.2 Å². The maximum atomic E-state index is 13.2. The Labute approximate surface area is 242 Å². The first-order valence-corrected chi connectivity index (χ1v) is 13.6. The van der Waals surface area contributed by atoms with Crippen LogP contribution in [-0.2, 0) is 11.2 Å². The molecule has 0 saturated heterocycles. The summed E-state index contributed by atoms with van der Waals surface area (Å²) in [6.07, 6.45) is 3.89. The van der Waals surface area contributed by atoms with E-state index in [-0.39, 0.29) is 33.9 Å². The van der Waals surface area contributed by atoms with Gasteiger partial charge in [0.15, 0.2) is 12.4 Å². The fourth-order valence-corrected chi connectivity index (χ4v) is 4.69. The fraction of sp³-hybridized carbons (Fsp3) is 0.185. The number of fused-ring (bicyclic) bond motifs is 1. The van der Waals surface area contributed by atoms with E-state index in [1.807, 2.05) is 6.07 Å². The van der Waals surface area contributed by atoms with Crippen LogP contribution in [0.5, 0.6) is 5.75 Å². The van der Waals surface area contributed by atoms with E-state index < -0.39 is 0 Å².